The number of benzene rings is 1. The number of aliphatic carboxylic acids is 1. The number of carbonyl (C=O) groups is 4. The molecule has 1 unspecified atom stereocenters. The van der Waals surface area contributed by atoms with E-state index in [4.69, 9.17) is 16.7 Å². The highest BCUT2D eigenvalue weighted by atomic mass is 35.5. The topological polar surface area (TPSA) is 101 Å². The second-order valence-corrected chi connectivity index (χ2v) is 6.12. The third-order valence-corrected chi connectivity index (χ3v) is 4.11. The summed E-state index contributed by atoms with van der Waals surface area (Å²) in [4.78, 5) is 47.5. The highest BCUT2D eigenvalue weighted by molar-refractivity contribution is 6.32. The second-order valence-electron chi connectivity index (χ2n) is 5.71. The van der Waals surface area contributed by atoms with Crippen LogP contribution in [0.3, 0.4) is 0 Å². The van der Waals surface area contributed by atoms with E-state index in [2.05, 4.69) is 0 Å². The van der Waals surface area contributed by atoms with Crippen molar-refractivity contribution in [3.8, 4) is 0 Å². The maximum Gasteiger partial charge on any atom is 0.322 e. The van der Waals surface area contributed by atoms with Crippen LogP contribution in [0.2, 0.25) is 5.02 Å². The highest BCUT2D eigenvalue weighted by Gasteiger charge is 2.49. The number of halogens is 2. The van der Waals surface area contributed by atoms with Crippen molar-refractivity contribution in [3.05, 3.63) is 34.1 Å². The van der Waals surface area contributed by atoms with E-state index >= 15 is 0 Å². The minimum Gasteiger partial charge on any atom is -0.480 e. The van der Waals surface area contributed by atoms with Crippen LogP contribution in [0.5, 0.6) is 0 Å². The number of fused-ring (bicyclic) bond motifs is 1. The first kappa shape index (κ1) is 17.1. The first-order valence-corrected chi connectivity index (χ1v) is 7.02. The molecule has 23 heavy (non-hydrogen) atoms. The molecule has 1 atom stereocenters. The molecular formula is C15H13ClFNO5. The number of ketones is 2. The van der Waals surface area contributed by atoms with Gasteiger partial charge in [0.1, 0.15) is 12.4 Å². The van der Waals surface area contributed by atoms with Gasteiger partial charge in [0, 0.05) is 5.56 Å². The maximum atomic E-state index is 13.7. The molecular weight excluding hydrogens is 329 g/mol. The minimum absolute atomic E-state index is 0.105. The van der Waals surface area contributed by atoms with Crippen LogP contribution in [-0.4, -0.2) is 35.1 Å². The molecule has 0 spiro atoms. The van der Waals surface area contributed by atoms with Crippen LogP contribution >= 0.6 is 11.6 Å². The van der Waals surface area contributed by atoms with E-state index < -0.39 is 47.1 Å². The van der Waals surface area contributed by atoms with E-state index in [9.17, 15) is 23.6 Å². The number of carboxylic acids is 1. The van der Waals surface area contributed by atoms with Crippen molar-refractivity contribution in [1.29, 1.82) is 0 Å². The average Bonchev–Trinajstić information content (AvgIpc) is 2.45. The zero-order valence-corrected chi connectivity index (χ0v) is 13.0. The quantitative estimate of drug-likeness (QED) is 0.808. The predicted molar refractivity (Wildman–Crippen MR) is 77.9 cm³/mol. The number of amides is 1. The summed E-state index contributed by atoms with van der Waals surface area (Å²) in [6, 6.07) is 2.10. The summed E-state index contributed by atoms with van der Waals surface area (Å²) in [6.45, 7) is 2.26. The Labute approximate surface area is 135 Å². The van der Waals surface area contributed by atoms with Crippen molar-refractivity contribution >= 4 is 35.0 Å². The van der Waals surface area contributed by atoms with Crippen molar-refractivity contribution < 1.29 is 28.7 Å². The fourth-order valence-corrected chi connectivity index (χ4v) is 2.70. The first-order valence-electron chi connectivity index (χ1n) is 6.65. The summed E-state index contributed by atoms with van der Waals surface area (Å²) in [7, 11) is 0. The zero-order valence-electron chi connectivity index (χ0n) is 12.3. The third-order valence-electron chi connectivity index (χ3n) is 3.82. The fraction of sp³-hybridized carbons (Fsp3) is 0.333. The van der Waals surface area contributed by atoms with Gasteiger partial charge in [-0.25, -0.2) is 4.39 Å². The summed E-state index contributed by atoms with van der Waals surface area (Å²) < 4.78 is 13.7. The van der Waals surface area contributed by atoms with Crippen LogP contribution < -0.4 is 5.32 Å². The molecule has 0 radical (unpaired) electrons. The Morgan fingerprint density at radius 3 is 2.52 bits per heavy atom. The minimum atomic E-state index is -1.71. The second kappa shape index (κ2) is 5.73. The molecule has 0 bridgehead atoms. The predicted octanol–water partition coefficient (Wildman–Crippen LogP) is 1.34. The van der Waals surface area contributed by atoms with E-state index in [1.54, 1.807) is 0 Å². The van der Waals surface area contributed by atoms with Gasteiger partial charge >= 0.3 is 5.97 Å². The van der Waals surface area contributed by atoms with Crippen molar-refractivity contribution in [1.82, 2.24) is 5.32 Å². The molecule has 1 amide bonds. The fourth-order valence-electron chi connectivity index (χ4n) is 2.54. The maximum absolute atomic E-state index is 13.7. The van der Waals surface area contributed by atoms with E-state index in [0.29, 0.717) is 0 Å². The lowest BCUT2D eigenvalue weighted by atomic mass is 9.66. The van der Waals surface area contributed by atoms with Gasteiger partial charge in [-0.1, -0.05) is 11.6 Å². The lowest BCUT2D eigenvalue weighted by Gasteiger charge is -2.34. The molecule has 1 aliphatic carbocycles. The number of nitrogens with one attached hydrogen (secondary N) is 1. The Hall–Kier alpha value is -2.28. The van der Waals surface area contributed by atoms with E-state index in [1.807, 2.05) is 5.32 Å². The molecule has 2 rings (SSSR count). The number of carbonyl (C=O) groups excluding carboxylic acids is 3. The number of Topliss-reactive ketones (excluding diaryl/α,β-unsaturated/α-hetero) is 2. The van der Waals surface area contributed by atoms with Crippen molar-refractivity contribution in [2.45, 2.75) is 19.3 Å². The third kappa shape index (κ3) is 2.84. The van der Waals surface area contributed by atoms with Gasteiger partial charge in [0.2, 0.25) is 5.91 Å². The molecule has 0 saturated heterocycles. The monoisotopic (exact) mass is 341 g/mol. The number of rotatable bonds is 3. The van der Waals surface area contributed by atoms with Gasteiger partial charge in [-0.2, -0.15) is 0 Å². The SMILES string of the molecule is CC1(C)C(=O)C(C(=O)NCC(=O)O)C(=O)c2cc(F)c(Cl)cc21. The first-order chi connectivity index (χ1) is 10.6. The Balaban J connectivity index is 2.51. The number of hydrogen-bond donors (Lipinski definition) is 2. The molecule has 1 aromatic carbocycles. The smallest absolute Gasteiger partial charge is 0.322 e. The van der Waals surface area contributed by atoms with Gasteiger partial charge in [0.15, 0.2) is 17.5 Å². The molecule has 122 valence electrons. The Bertz CT molecular complexity index is 744. The average molecular weight is 342 g/mol. The van der Waals surface area contributed by atoms with Crippen LogP contribution in [0.4, 0.5) is 4.39 Å². The van der Waals surface area contributed by atoms with Crippen molar-refractivity contribution in [3.63, 3.8) is 0 Å². The molecule has 0 aromatic heterocycles. The summed E-state index contributed by atoms with van der Waals surface area (Å²) in [5.74, 6) is -6.45. The van der Waals surface area contributed by atoms with E-state index in [-0.39, 0.29) is 16.1 Å². The largest absolute Gasteiger partial charge is 0.480 e. The highest BCUT2D eigenvalue weighted by Crippen LogP contribution is 2.39. The zero-order chi connectivity index (χ0) is 17.5. The molecule has 0 aliphatic heterocycles. The van der Waals surface area contributed by atoms with Crippen LogP contribution in [-0.2, 0) is 19.8 Å². The molecule has 8 heteroatoms. The van der Waals surface area contributed by atoms with E-state index in [0.717, 1.165) is 6.07 Å². The summed E-state index contributed by atoms with van der Waals surface area (Å²) >= 11 is 5.71. The molecule has 0 heterocycles. The van der Waals surface area contributed by atoms with Gasteiger partial charge < -0.3 is 10.4 Å². The van der Waals surface area contributed by atoms with Crippen molar-refractivity contribution in [2.24, 2.45) is 5.92 Å². The molecule has 0 saturated carbocycles. The van der Waals surface area contributed by atoms with Crippen LogP contribution in [0.15, 0.2) is 12.1 Å². The number of carboxylic acid groups (broad SMARTS) is 1. The van der Waals surface area contributed by atoms with Gasteiger partial charge in [0.25, 0.3) is 0 Å². The molecule has 2 N–H and O–H groups in total. The van der Waals surface area contributed by atoms with Crippen LogP contribution in [0, 0.1) is 11.7 Å². The Morgan fingerprint density at radius 2 is 1.96 bits per heavy atom. The van der Waals surface area contributed by atoms with E-state index in [1.165, 1.54) is 19.9 Å². The van der Waals surface area contributed by atoms with Crippen molar-refractivity contribution in [2.75, 3.05) is 6.54 Å². The summed E-state index contributed by atoms with van der Waals surface area (Å²) in [5.41, 5.74) is -1.11. The van der Waals surface area contributed by atoms with Gasteiger partial charge in [-0.3, -0.25) is 19.2 Å². The lowest BCUT2D eigenvalue weighted by molar-refractivity contribution is -0.140. The normalized spacial score (nSPS) is 19.2. The lowest BCUT2D eigenvalue weighted by Crippen LogP contribution is -2.51. The van der Waals surface area contributed by atoms with Gasteiger partial charge in [-0.15, -0.1) is 0 Å². The molecule has 1 aliphatic rings. The molecule has 6 nitrogen and oxygen atoms in total. The summed E-state index contributed by atoms with van der Waals surface area (Å²) in [5, 5.41) is 10.3. The molecule has 1 aromatic rings. The molecule has 0 fully saturated rings. The van der Waals surface area contributed by atoms with Crippen LogP contribution in [0.25, 0.3) is 0 Å². The van der Waals surface area contributed by atoms with Gasteiger partial charge in [-0.05, 0) is 31.5 Å². The Morgan fingerprint density at radius 1 is 1.35 bits per heavy atom. The van der Waals surface area contributed by atoms with Crippen LogP contribution in [0.1, 0.15) is 29.8 Å². The number of hydrogen-bond acceptors (Lipinski definition) is 4. The summed E-state index contributed by atoms with van der Waals surface area (Å²) in [6.07, 6.45) is 0. The Kier molecular flexibility index (Phi) is 4.26. The standard InChI is InChI=1S/C15H13ClFNO5/c1-15(2)7-4-8(16)9(17)3-6(7)12(21)11(13(15)22)14(23)18-5-10(19)20/h3-4,11H,5H2,1-2H3,(H,18,23)(H,19,20). The van der Waals surface area contributed by atoms with Gasteiger partial charge in [0.05, 0.1) is 10.4 Å².